The predicted octanol–water partition coefficient (Wildman–Crippen LogP) is 1.96. The number of hydrogen-bond donors (Lipinski definition) is 4. The molecular weight excluding hydrogens is 636 g/mol. The van der Waals surface area contributed by atoms with Crippen LogP contribution < -0.4 is 11.1 Å². The summed E-state index contributed by atoms with van der Waals surface area (Å²) in [6.45, 7) is 0. The van der Waals surface area contributed by atoms with Crippen LogP contribution in [0.4, 0.5) is 5.13 Å². The lowest BCUT2D eigenvalue weighted by molar-refractivity contribution is -0.150. The summed E-state index contributed by atoms with van der Waals surface area (Å²) in [5.74, 6) is -3.10. The van der Waals surface area contributed by atoms with Crippen LogP contribution in [-0.2, 0) is 21.4 Å². The molecule has 1 aromatic carbocycles. The molecule has 2 unspecified atom stereocenters. The number of tetrazole rings is 1. The van der Waals surface area contributed by atoms with E-state index >= 15 is 0 Å². The first kappa shape index (κ1) is 29.2. The first-order valence-electron chi connectivity index (χ1n) is 11.5. The quantitative estimate of drug-likeness (QED) is 0.182. The molecule has 0 bridgehead atoms. The van der Waals surface area contributed by atoms with E-state index in [9.17, 15) is 29.4 Å². The van der Waals surface area contributed by atoms with Crippen molar-refractivity contribution in [2.45, 2.75) is 26.7 Å². The van der Waals surface area contributed by atoms with Crippen molar-refractivity contribution < 1.29 is 29.4 Å². The number of nitrogens with one attached hydrogen (secondary N) is 1. The van der Waals surface area contributed by atoms with Crippen molar-refractivity contribution in [1.82, 2.24) is 35.4 Å². The molecule has 0 saturated carbocycles. The average Bonchev–Trinajstić information content (AvgIpc) is 3.56. The topological polar surface area (TPSA) is 207 Å². The molecule has 1 saturated heterocycles. The highest BCUT2D eigenvalue weighted by Gasteiger charge is 2.54. The molecule has 0 spiro atoms. The van der Waals surface area contributed by atoms with Crippen LogP contribution in [0.5, 0.6) is 0 Å². The summed E-state index contributed by atoms with van der Waals surface area (Å²) in [5.41, 5.74) is 6.37. The number of thiazole rings is 1. The molecule has 4 heterocycles. The van der Waals surface area contributed by atoms with E-state index in [4.69, 9.17) is 17.3 Å². The number of nitrogens with zero attached hydrogens (tertiary/aromatic N) is 6. The molecule has 19 heteroatoms. The van der Waals surface area contributed by atoms with Gasteiger partial charge < -0.3 is 21.3 Å². The number of carboxylic acids is 2. The SMILES string of the molecule is Cn1nnnc1SCC1=C(C(=O)O)N2C(=O)C(NC(=O)C(Sc3ccc(Cl)cc3C(=O)O)c3csc(N)n3)[C@@H]2SC1. The normalized spacial score (nSPS) is 19.0. The van der Waals surface area contributed by atoms with E-state index in [0.717, 1.165) is 23.1 Å². The highest BCUT2D eigenvalue weighted by molar-refractivity contribution is 8.01. The standard InChI is InChI=1S/C22H19ClN8O6S4/c1-30-22(27-28-29-30)40-6-8-5-38-18-13(17(33)31(18)14(8)20(36)37)26-16(32)15(11-7-39-21(24)25-11)41-12-3-2-9(23)4-10(12)19(34)35/h2-4,7,13,15,18H,5-6H2,1H3,(H2,24,25)(H,26,32)(H,34,35)(H,36,37)/t13?,15?,18-/m0/s1. The molecule has 0 aliphatic carbocycles. The Kier molecular flexibility index (Phi) is 8.46. The fraction of sp³-hybridized carbons (Fsp3) is 0.273. The Morgan fingerprint density at radius 3 is 2.71 bits per heavy atom. The minimum Gasteiger partial charge on any atom is -0.478 e. The predicted molar refractivity (Wildman–Crippen MR) is 153 cm³/mol. The zero-order valence-electron chi connectivity index (χ0n) is 20.8. The molecule has 5 N–H and O–H groups in total. The van der Waals surface area contributed by atoms with Crippen molar-refractivity contribution in [3.05, 3.63) is 51.1 Å². The number of halogens is 1. The van der Waals surface area contributed by atoms with E-state index < -0.39 is 40.4 Å². The van der Waals surface area contributed by atoms with Gasteiger partial charge in [0.05, 0.1) is 11.3 Å². The van der Waals surface area contributed by atoms with Crippen LogP contribution in [0, 0.1) is 0 Å². The molecule has 0 radical (unpaired) electrons. The summed E-state index contributed by atoms with van der Waals surface area (Å²) in [7, 11) is 1.66. The number of hydrogen-bond acceptors (Lipinski definition) is 13. The number of anilines is 1. The Bertz CT molecular complexity index is 1600. The largest absolute Gasteiger partial charge is 0.478 e. The molecule has 3 atom stereocenters. The van der Waals surface area contributed by atoms with Gasteiger partial charge in [0, 0.05) is 33.9 Å². The molecular formula is C22H19ClN8O6S4. The maximum Gasteiger partial charge on any atom is 0.352 e. The van der Waals surface area contributed by atoms with Crippen molar-refractivity contribution in [2.75, 3.05) is 17.2 Å². The van der Waals surface area contributed by atoms with Gasteiger partial charge in [-0.05, 0) is 34.2 Å². The van der Waals surface area contributed by atoms with Crippen molar-refractivity contribution in [3.63, 3.8) is 0 Å². The summed E-state index contributed by atoms with van der Waals surface area (Å²) in [6, 6.07) is 3.27. The number of fused-ring (bicyclic) bond motifs is 1. The number of thioether (sulfide) groups is 3. The highest BCUT2D eigenvalue weighted by Crippen LogP contribution is 2.43. The Balaban J connectivity index is 1.35. The Labute approximate surface area is 253 Å². The van der Waals surface area contributed by atoms with E-state index in [0.29, 0.717) is 16.5 Å². The second kappa shape index (κ2) is 11.9. The lowest BCUT2D eigenvalue weighted by atomic mass is 10.0. The Hall–Kier alpha value is -3.32. The third-order valence-corrected chi connectivity index (χ3v) is 10.6. The van der Waals surface area contributed by atoms with Gasteiger partial charge in [0.2, 0.25) is 11.1 Å². The summed E-state index contributed by atoms with van der Waals surface area (Å²) in [5, 5.41) is 34.3. The van der Waals surface area contributed by atoms with Crippen LogP contribution in [0.3, 0.4) is 0 Å². The second-order valence-corrected chi connectivity index (χ2v) is 13.1. The van der Waals surface area contributed by atoms with E-state index in [1.165, 1.54) is 51.3 Å². The third-order valence-electron chi connectivity index (χ3n) is 5.97. The number of aromatic nitrogens is 5. The van der Waals surface area contributed by atoms with E-state index in [-0.39, 0.29) is 37.8 Å². The maximum absolute atomic E-state index is 13.6. The monoisotopic (exact) mass is 654 g/mol. The van der Waals surface area contributed by atoms with Gasteiger partial charge in [0.25, 0.3) is 5.91 Å². The number of carbonyl (C=O) groups is 4. The van der Waals surface area contributed by atoms with E-state index in [2.05, 4.69) is 25.8 Å². The minimum absolute atomic E-state index is 0.101. The number of β-lactam (4-membered cyclic amide) rings is 1. The number of carbonyl (C=O) groups excluding carboxylic acids is 2. The summed E-state index contributed by atoms with van der Waals surface area (Å²) >= 11 is 10.6. The smallest absolute Gasteiger partial charge is 0.352 e. The molecule has 2 aliphatic heterocycles. The van der Waals surface area contributed by atoms with Crippen molar-refractivity contribution in [3.8, 4) is 0 Å². The van der Waals surface area contributed by atoms with Crippen LogP contribution >= 0.6 is 58.2 Å². The van der Waals surface area contributed by atoms with Crippen LogP contribution in [-0.4, -0.2) is 87.0 Å². The average molecular weight is 655 g/mol. The van der Waals surface area contributed by atoms with Gasteiger partial charge in [-0.2, -0.15) is 0 Å². The number of nitrogen functional groups attached to an aromatic ring is 1. The molecule has 214 valence electrons. The van der Waals surface area contributed by atoms with Crippen LogP contribution in [0.25, 0.3) is 0 Å². The number of aliphatic carboxylic acids is 1. The Morgan fingerprint density at radius 1 is 1.29 bits per heavy atom. The second-order valence-electron chi connectivity index (χ2n) is 8.58. The van der Waals surface area contributed by atoms with Gasteiger partial charge >= 0.3 is 11.9 Å². The zero-order valence-corrected chi connectivity index (χ0v) is 24.8. The van der Waals surface area contributed by atoms with Crippen LogP contribution in [0.15, 0.2) is 44.9 Å². The first-order chi connectivity index (χ1) is 19.5. The van der Waals surface area contributed by atoms with Gasteiger partial charge in [-0.3, -0.25) is 14.5 Å². The van der Waals surface area contributed by atoms with E-state index in [1.54, 1.807) is 12.4 Å². The van der Waals surface area contributed by atoms with E-state index in [1.807, 2.05) is 0 Å². The summed E-state index contributed by atoms with van der Waals surface area (Å²) in [6.07, 6.45) is 0. The summed E-state index contributed by atoms with van der Waals surface area (Å²) in [4.78, 5) is 56.4. The zero-order chi connectivity index (χ0) is 29.4. The molecule has 5 rings (SSSR count). The molecule has 14 nitrogen and oxygen atoms in total. The fourth-order valence-electron chi connectivity index (χ4n) is 4.09. The van der Waals surface area contributed by atoms with Crippen molar-refractivity contribution >= 4 is 87.1 Å². The lowest BCUT2D eigenvalue weighted by Crippen LogP contribution is -2.70. The lowest BCUT2D eigenvalue weighted by Gasteiger charge is -2.49. The van der Waals surface area contributed by atoms with Gasteiger partial charge in [-0.15, -0.1) is 40.0 Å². The number of aryl methyl sites for hydroxylation is 1. The van der Waals surface area contributed by atoms with Crippen molar-refractivity contribution in [1.29, 1.82) is 0 Å². The number of nitrogens with two attached hydrogens (primary N) is 1. The molecule has 41 heavy (non-hydrogen) atoms. The number of rotatable bonds is 10. The number of carboxylic acid groups (broad SMARTS) is 2. The van der Waals surface area contributed by atoms with Crippen LogP contribution in [0.1, 0.15) is 21.3 Å². The molecule has 2 aliphatic rings. The number of benzene rings is 1. The van der Waals surface area contributed by atoms with Crippen molar-refractivity contribution in [2.24, 2.45) is 7.05 Å². The first-order valence-corrected chi connectivity index (χ1v) is 15.7. The van der Waals surface area contributed by atoms with Gasteiger partial charge in [-0.1, -0.05) is 23.4 Å². The molecule has 3 aromatic rings. The fourth-order valence-corrected chi connectivity index (χ4v) is 8.36. The summed E-state index contributed by atoms with van der Waals surface area (Å²) < 4.78 is 1.46. The molecule has 2 aromatic heterocycles. The number of amides is 2. The van der Waals surface area contributed by atoms with Gasteiger partial charge in [0.1, 0.15) is 22.4 Å². The molecule has 2 amide bonds. The van der Waals surface area contributed by atoms with Crippen LogP contribution in [0.2, 0.25) is 5.02 Å². The molecule has 1 fully saturated rings. The highest BCUT2D eigenvalue weighted by atomic mass is 35.5. The van der Waals surface area contributed by atoms with Gasteiger partial charge in [-0.25, -0.2) is 19.3 Å². The number of aromatic carboxylic acids is 1. The van der Waals surface area contributed by atoms with Gasteiger partial charge in [0.15, 0.2) is 5.13 Å². The maximum atomic E-state index is 13.6. The third kappa shape index (κ3) is 5.87. The Morgan fingerprint density at radius 2 is 2.07 bits per heavy atom. The minimum atomic E-state index is -1.25.